The van der Waals surface area contributed by atoms with Crippen molar-refractivity contribution in [2.45, 2.75) is 41.9 Å². The van der Waals surface area contributed by atoms with Crippen LogP contribution in [0.25, 0.3) is 0 Å². The molecule has 1 amide bonds. The van der Waals surface area contributed by atoms with E-state index in [0.717, 1.165) is 15.0 Å². The summed E-state index contributed by atoms with van der Waals surface area (Å²) in [6.45, 7) is 2.29. The highest BCUT2D eigenvalue weighted by atomic mass is 35.5. The van der Waals surface area contributed by atoms with Crippen molar-refractivity contribution in [2.24, 2.45) is 0 Å². The second kappa shape index (κ2) is 7.51. The number of carbonyl (C=O) groups is 1. The highest BCUT2D eigenvalue weighted by Crippen LogP contribution is 2.32. The third kappa shape index (κ3) is 4.83. The molecule has 1 aliphatic rings. The monoisotopic (exact) mass is 368 g/mol. The number of benzene rings is 1. The number of anilines is 1. The molecule has 1 unspecified atom stereocenters. The van der Waals surface area contributed by atoms with Crippen molar-refractivity contribution in [1.82, 2.24) is 15.5 Å². The quantitative estimate of drug-likeness (QED) is 0.731. The third-order valence-electron chi connectivity index (χ3n) is 3.37. The molecule has 1 heterocycles. The summed E-state index contributed by atoms with van der Waals surface area (Å²) in [6.07, 6.45) is 2.39. The van der Waals surface area contributed by atoms with Crippen LogP contribution in [-0.2, 0) is 11.3 Å². The maximum Gasteiger partial charge on any atom is 0.233 e. The molecule has 1 saturated carbocycles. The van der Waals surface area contributed by atoms with Crippen LogP contribution in [0.2, 0.25) is 5.02 Å². The first kappa shape index (κ1) is 16.5. The molecule has 8 heteroatoms. The number of amides is 1. The summed E-state index contributed by atoms with van der Waals surface area (Å²) in [7, 11) is 0. The van der Waals surface area contributed by atoms with E-state index in [9.17, 15) is 4.79 Å². The van der Waals surface area contributed by atoms with E-state index < -0.39 is 0 Å². The fourth-order valence-electron chi connectivity index (χ4n) is 1.89. The van der Waals surface area contributed by atoms with Gasteiger partial charge in [-0.25, -0.2) is 0 Å². The first-order valence-electron chi connectivity index (χ1n) is 7.39. The summed E-state index contributed by atoms with van der Waals surface area (Å²) < 4.78 is 0.800. The molecule has 0 bridgehead atoms. The first-order valence-corrected chi connectivity index (χ1v) is 9.47. The van der Waals surface area contributed by atoms with Gasteiger partial charge in [0.15, 0.2) is 4.34 Å². The molecule has 1 aliphatic carbocycles. The summed E-state index contributed by atoms with van der Waals surface area (Å²) in [5, 5.41) is 15.7. The Balaban J connectivity index is 1.49. The molecule has 0 radical (unpaired) electrons. The Morgan fingerprint density at radius 1 is 1.43 bits per heavy atom. The smallest absolute Gasteiger partial charge is 0.233 e. The second-order valence-corrected chi connectivity index (χ2v) is 8.33. The molecule has 1 aromatic heterocycles. The van der Waals surface area contributed by atoms with Gasteiger partial charge in [0, 0.05) is 17.6 Å². The number of aromatic nitrogens is 2. The molecule has 3 rings (SSSR count). The van der Waals surface area contributed by atoms with Crippen LogP contribution in [0, 0.1) is 0 Å². The summed E-state index contributed by atoms with van der Waals surface area (Å²) in [4.78, 5) is 12.2. The van der Waals surface area contributed by atoms with Gasteiger partial charge < -0.3 is 10.6 Å². The van der Waals surface area contributed by atoms with E-state index in [4.69, 9.17) is 11.6 Å². The van der Waals surface area contributed by atoms with Crippen molar-refractivity contribution < 1.29 is 4.79 Å². The lowest BCUT2D eigenvalue weighted by Crippen LogP contribution is -2.30. The Morgan fingerprint density at radius 2 is 2.22 bits per heavy atom. The number of hydrogen-bond acceptors (Lipinski definition) is 6. The number of hydrogen-bond donors (Lipinski definition) is 2. The molecular formula is C15H17ClN4OS2. The van der Waals surface area contributed by atoms with Gasteiger partial charge in [0.2, 0.25) is 11.0 Å². The van der Waals surface area contributed by atoms with Gasteiger partial charge in [-0.2, -0.15) is 0 Å². The van der Waals surface area contributed by atoms with Crippen LogP contribution < -0.4 is 10.6 Å². The summed E-state index contributed by atoms with van der Waals surface area (Å²) in [5.74, 6) is -0.0400. The van der Waals surface area contributed by atoms with Crippen molar-refractivity contribution in [3.8, 4) is 0 Å². The maximum absolute atomic E-state index is 12.2. The number of thioether (sulfide) groups is 1. The van der Waals surface area contributed by atoms with Crippen LogP contribution in [0.4, 0.5) is 5.13 Å². The van der Waals surface area contributed by atoms with E-state index in [0.29, 0.717) is 17.6 Å². The van der Waals surface area contributed by atoms with Gasteiger partial charge in [0.25, 0.3) is 0 Å². The third-order valence-corrected chi connectivity index (χ3v) is 5.78. The van der Waals surface area contributed by atoms with Crippen molar-refractivity contribution in [3.05, 3.63) is 34.9 Å². The van der Waals surface area contributed by atoms with Crippen molar-refractivity contribution in [3.63, 3.8) is 0 Å². The average molecular weight is 369 g/mol. The Kier molecular flexibility index (Phi) is 5.40. The highest BCUT2D eigenvalue weighted by Gasteiger charge is 2.23. The lowest BCUT2D eigenvalue weighted by molar-refractivity contribution is -0.120. The molecule has 23 heavy (non-hydrogen) atoms. The Bertz CT molecular complexity index is 690. The molecule has 1 aromatic carbocycles. The van der Waals surface area contributed by atoms with Crippen molar-refractivity contribution in [2.75, 3.05) is 5.32 Å². The Labute approximate surface area is 148 Å². The molecule has 1 atom stereocenters. The maximum atomic E-state index is 12.2. The fourth-order valence-corrected chi connectivity index (χ4v) is 4.09. The zero-order chi connectivity index (χ0) is 16.2. The van der Waals surface area contributed by atoms with Gasteiger partial charge in [-0.3, -0.25) is 4.79 Å². The highest BCUT2D eigenvalue weighted by molar-refractivity contribution is 8.02. The summed E-state index contributed by atoms with van der Waals surface area (Å²) in [5.41, 5.74) is 0.909. The molecule has 1 fully saturated rings. The van der Waals surface area contributed by atoms with Gasteiger partial charge in [0.05, 0.1) is 5.25 Å². The molecule has 0 spiro atoms. The molecular weight excluding hydrogens is 352 g/mol. The van der Waals surface area contributed by atoms with E-state index in [1.54, 1.807) is 0 Å². The van der Waals surface area contributed by atoms with Gasteiger partial charge in [0.1, 0.15) is 0 Å². The summed E-state index contributed by atoms with van der Waals surface area (Å²) >= 11 is 9.00. The van der Waals surface area contributed by atoms with Crippen molar-refractivity contribution in [1.29, 1.82) is 0 Å². The van der Waals surface area contributed by atoms with Gasteiger partial charge in [-0.15, -0.1) is 10.2 Å². The van der Waals surface area contributed by atoms with Gasteiger partial charge >= 0.3 is 0 Å². The standard InChI is InChI=1S/C15H17ClN4OS2/c1-9(13(21)17-8-10-4-2-3-5-12(10)16)22-15-20-19-14(23-15)18-11-6-7-11/h2-5,9,11H,6-8H2,1H3,(H,17,21)(H,18,19). The van der Waals surface area contributed by atoms with Crippen molar-refractivity contribution >= 4 is 45.7 Å². The topological polar surface area (TPSA) is 66.9 Å². The molecule has 0 saturated heterocycles. The molecule has 2 aromatic rings. The minimum absolute atomic E-state index is 0.0400. The SMILES string of the molecule is CC(Sc1nnc(NC2CC2)s1)C(=O)NCc1ccccc1Cl. The van der Waals surface area contributed by atoms with Gasteiger partial charge in [-0.1, -0.05) is 52.9 Å². The molecule has 122 valence electrons. The molecule has 5 nitrogen and oxygen atoms in total. The van der Waals surface area contributed by atoms with E-state index in [2.05, 4.69) is 20.8 Å². The van der Waals surface area contributed by atoms with Crippen LogP contribution in [0.5, 0.6) is 0 Å². The predicted molar refractivity (Wildman–Crippen MR) is 95.2 cm³/mol. The predicted octanol–water partition coefficient (Wildman–Crippen LogP) is 3.56. The normalized spacial score (nSPS) is 15.2. The zero-order valence-electron chi connectivity index (χ0n) is 12.6. The number of nitrogens with zero attached hydrogens (tertiary/aromatic N) is 2. The largest absolute Gasteiger partial charge is 0.357 e. The first-order chi connectivity index (χ1) is 11.1. The second-order valence-electron chi connectivity index (χ2n) is 5.36. The van der Waals surface area contributed by atoms with Crippen LogP contribution in [0.15, 0.2) is 28.6 Å². The minimum atomic E-state index is -0.237. The van der Waals surface area contributed by atoms with Crippen LogP contribution in [-0.4, -0.2) is 27.4 Å². The Morgan fingerprint density at radius 3 is 2.96 bits per heavy atom. The van der Waals surface area contributed by atoms with Crippen LogP contribution in [0.3, 0.4) is 0 Å². The average Bonchev–Trinajstić information content (AvgIpc) is 3.24. The number of rotatable bonds is 7. The van der Waals surface area contributed by atoms with Crippen LogP contribution in [0.1, 0.15) is 25.3 Å². The van der Waals surface area contributed by atoms with E-state index >= 15 is 0 Å². The number of nitrogens with one attached hydrogen (secondary N) is 2. The van der Waals surface area contributed by atoms with E-state index in [-0.39, 0.29) is 11.2 Å². The molecule has 0 aliphatic heterocycles. The summed E-state index contributed by atoms with van der Waals surface area (Å²) in [6, 6.07) is 8.05. The van der Waals surface area contributed by atoms with Gasteiger partial charge in [-0.05, 0) is 31.4 Å². The van der Waals surface area contributed by atoms with E-state index in [1.165, 1.54) is 35.9 Å². The molecule has 2 N–H and O–H groups in total. The Hall–Kier alpha value is -1.31. The van der Waals surface area contributed by atoms with Crippen LogP contribution >= 0.6 is 34.7 Å². The zero-order valence-corrected chi connectivity index (χ0v) is 15.0. The lowest BCUT2D eigenvalue weighted by atomic mass is 10.2. The lowest BCUT2D eigenvalue weighted by Gasteiger charge is -2.11. The number of halogens is 1. The van der Waals surface area contributed by atoms with E-state index in [1.807, 2.05) is 31.2 Å². The number of carbonyl (C=O) groups excluding carboxylic acids is 1. The minimum Gasteiger partial charge on any atom is -0.357 e. The fraction of sp³-hybridized carbons (Fsp3) is 0.400.